The van der Waals surface area contributed by atoms with E-state index in [1.54, 1.807) is 27.8 Å². The molecule has 9 nitrogen and oxygen atoms in total. The summed E-state index contributed by atoms with van der Waals surface area (Å²) >= 11 is 0. The predicted molar refractivity (Wildman–Crippen MR) is 92.4 cm³/mol. The molecule has 2 aromatic heterocycles. The molecule has 3 heterocycles. The highest BCUT2D eigenvalue weighted by Crippen LogP contribution is 2.37. The van der Waals surface area contributed by atoms with Gasteiger partial charge in [0.15, 0.2) is 29.4 Å². The lowest BCUT2D eigenvalue weighted by molar-refractivity contribution is -0.121. The number of nitrogens with one attached hydrogen (secondary N) is 2. The second kappa shape index (κ2) is 6.94. The van der Waals surface area contributed by atoms with E-state index in [9.17, 15) is 14.0 Å². The molecule has 2 aromatic rings. The average molecular weight is 364 g/mol. The van der Waals surface area contributed by atoms with Crippen LogP contribution in [0.3, 0.4) is 0 Å². The molecular weight excluding hydrogens is 343 g/mol. The second-order valence-corrected chi connectivity index (χ2v) is 6.54. The molecule has 4 atom stereocenters. The Morgan fingerprint density at radius 1 is 1.42 bits per heavy atom. The first-order chi connectivity index (χ1) is 12.4. The van der Waals surface area contributed by atoms with E-state index < -0.39 is 24.4 Å². The van der Waals surface area contributed by atoms with E-state index in [1.165, 1.54) is 10.9 Å². The van der Waals surface area contributed by atoms with Gasteiger partial charge in [0, 0.05) is 18.9 Å². The third-order valence-electron chi connectivity index (χ3n) is 4.42. The average Bonchev–Trinajstić information content (AvgIpc) is 3.15. The number of nitrogens with zero attached hydrogens (tertiary/aromatic N) is 4. The first-order valence-electron chi connectivity index (χ1n) is 8.35. The first-order valence-corrected chi connectivity index (χ1v) is 8.35. The van der Waals surface area contributed by atoms with E-state index in [2.05, 4.69) is 25.6 Å². The molecule has 1 aliphatic rings. The Labute approximate surface area is 149 Å². The summed E-state index contributed by atoms with van der Waals surface area (Å²) in [6, 6.07) is 0. The molecule has 140 valence electrons. The summed E-state index contributed by atoms with van der Waals surface area (Å²) in [5, 5.41) is 5.51. The monoisotopic (exact) mass is 364 g/mol. The standard InChI is InChI=1S/C16H21FN6O3/c1-7(2)14(25)22-16-20-12(18-4)11-13(21-16)23(6-19-11)15-10(17)8(3)9(5-24)26-15/h5-10,15H,1-4H3,(H2,18,20,21,22,25)/t8-,9-,10-,15-/m1/s1. The minimum absolute atomic E-state index is 0.0793. The number of ether oxygens (including phenoxy) is 1. The van der Waals surface area contributed by atoms with Gasteiger partial charge in [0.05, 0.1) is 6.33 Å². The predicted octanol–water partition coefficient (Wildman–Crippen LogP) is 1.53. The summed E-state index contributed by atoms with van der Waals surface area (Å²) in [6.07, 6.45) is -1.27. The molecular formula is C16H21FN6O3. The lowest BCUT2D eigenvalue weighted by Gasteiger charge is -2.16. The zero-order chi connectivity index (χ0) is 19.0. The summed E-state index contributed by atoms with van der Waals surface area (Å²) in [6.45, 7) is 5.11. The van der Waals surface area contributed by atoms with Gasteiger partial charge >= 0.3 is 0 Å². The highest BCUT2D eigenvalue weighted by atomic mass is 19.1. The van der Waals surface area contributed by atoms with Crippen molar-refractivity contribution in [3.05, 3.63) is 6.33 Å². The number of alkyl halides is 1. The Morgan fingerprint density at radius 3 is 2.73 bits per heavy atom. The van der Waals surface area contributed by atoms with Crippen molar-refractivity contribution in [1.29, 1.82) is 0 Å². The highest BCUT2D eigenvalue weighted by molar-refractivity contribution is 5.92. The molecule has 1 amide bonds. The van der Waals surface area contributed by atoms with E-state index in [4.69, 9.17) is 4.74 Å². The molecule has 26 heavy (non-hydrogen) atoms. The van der Waals surface area contributed by atoms with Crippen LogP contribution in [0.25, 0.3) is 11.2 Å². The van der Waals surface area contributed by atoms with Gasteiger partial charge in [0.2, 0.25) is 11.9 Å². The molecule has 3 rings (SSSR count). The molecule has 0 bridgehead atoms. The van der Waals surface area contributed by atoms with Gasteiger partial charge in [-0.2, -0.15) is 9.97 Å². The number of amides is 1. The van der Waals surface area contributed by atoms with Gasteiger partial charge < -0.3 is 14.8 Å². The first kappa shape index (κ1) is 18.2. The maximum atomic E-state index is 14.6. The van der Waals surface area contributed by atoms with E-state index in [1.807, 2.05) is 0 Å². The summed E-state index contributed by atoms with van der Waals surface area (Å²) in [5.41, 5.74) is 0.711. The maximum Gasteiger partial charge on any atom is 0.233 e. The number of fused-ring (bicyclic) bond motifs is 1. The van der Waals surface area contributed by atoms with Crippen LogP contribution >= 0.6 is 0 Å². The largest absolute Gasteiger partial charge is 0.371 e. The lowest BCUT2D eigenvalue weighted by atomic mass is 10.0. The number of rotatable bonds is 5. The quantitative estimate of drug-likeness (QED) is 0.774. The second-order valence-electron chi connectivity index (χ2n) is 6.54. The molecule has 1 aliphatic heterocycles. The zero-order valence-corrected chi connectivity index (χ0v) is 14.9. The fourth-order valence-corrected chi connectivity index (χ4v) is 2.76. The van der Waals surface area contributed by atoms with Crippen LogP contribution in [0.2, 0.25) is 0 Å². The fraction of sp³-hybridized carbons (Fsp3) is 0.562. The van der Waals surface area contributed by atoms with Crippen molar-refractivity contribution in [3.8, 4) is 0 Å². The van der Waals surface area contributed by atoms with Crippen LogP contribution in [-0.2, 0) is 14.3 Å². The van der Waals surface area contributed by atoms with Crippen LogP contribution in [-0.4, -0.2) is 51.0 Å². The van der Waals surface area contributed by atoms with Gasteiger partial charge in [-0.3, -0.25) is 14.7 Å². The number of aromatic nitrogens is 4. The Morgan fingerprint density at radius 2 is 2.15 bits per heavy atom. The Hall–Kier alpha value is -2.62. The topological polar surface area (TPSA) is 111 Å². The third kappa shape index (κ3) is 3.00. The SMILES string of the molecule is CNc1nc(NC(=O)C(C)C)nc2c1ncn2[C@@H]1O[C@H](C=O)[C@@H](C)[C@H]1F. The van der Waals surface area contributed by atoms with Crippen molar-refractivity contribution in [3.63, 3.8) is 0 Å². The number of anilines is 2. The molecule has 0 spiro atoms. The van der Waals surface area contributed by atoms with Crippen LogP contribution in [0.15, 0.2) is 6.33 Å². The maximum absolute atomic E-state index is 14.6. The Balaban J connectivity index is 2.05. The summed E-state index contributed by atoms with van der Waals surface area (Å²) in [7, 11) is 1.66. The Bertz CT molecular complexity index is 839. The fourth-order valence-electron chi connectivity index (χ4n) is 2.76. The zero-order valence-electron chi connectivity index (χ0n) is 14.9. The normalized spacial score (nSPS) is 25.6. The summed E-state index contributed by atoms with van der Waals surface area (Å²) in [4.78, 5) is 35.8. The van der Waals surface area contributed by atoms with Crippen molar-refractivity contribution < 1.29 is 18.7 Å². The van der Waals surface area contributed by atoms with Crippen LogP contribution in [0.1, 0.15) is 27.0 Å². The highest BCUT2D eigenvalue weighted by Gasteiger charge is 2.44. The van der Waals surface area contributed by atoms with E-state index in [0.717, 1.165) is 0 Å². The van der Waals surface area contributed by atoms with Crippen molar-refractivity contribution in [2.24, 2.45) is 11.8 Å². The third-order valence-corrected chi connectivity index (χ3v) is 4.42. The van der Waals surface area contributed by atoms with Gasteiger partial charge in [-0.15, -0.1) is 0 Å². The smallest absolute Gasteiger partial charge is 0.233 e. The molecule has 0 radical (unpaired) electrons. The lowest BCUT2D eigenvalue weighted by Crippen LogP contribution is -2.21. The van der Waals surface area contributed by atoms with E-state index in [0.29, 0.717) is 23.3 Å². The molecule has 0 saturated carbocycles. The molecule has 0 aliphatic carbocycles. The van der Waals surface area contributed by atoms with Gasteiger partial charge in [-0.05, 0) is 0 Å². The summed E-state index contributed by atoms with van der Waals surface area (Å²) < 4.78 is 21.6. The molecule has 1 fully saturated rings. The minimum atomic E-state index is -1.40. The number of imidazole rings is 1. The number of hydrogen-bond donors (Lipinski definition) is 2. The molecule has 0 unspecified atom stereocenters. The molecule has 0 aromatic carbocycles. The van der Waals surface area contributed by atoms with Crippen LogP contribution in [0, 0.1) is 11.8 Å². The van der Waals surface area contributed by atoms with Crippen LogP contribution in [0.4, 0.5) is 16.2 Å². The van der Waals surface area contributed by atoms with Gasteiger partial charge in [0.25, 0.3) is 0 Å². The van der Waals surface area contributed by atoms with Gasteiger partial charge in [-0.1, -0.05) is 20.8 Å². The van der Waals surface area contributed by atoms with Crippen LogP contribution < -0.4 is 10.6 Å². The van der Waals surface area contributed by atoms with E-state index >= 15 is 0 Å². The number of carbonyl (C=O) groups excluding carboxylic acids is 2. The van der Waals surface area contributed by atoms with Crippen LogP contribution in [0.5, 0.6) is 0 Å². The molecule has 2 N–H and O–H groups in total. The molecule has 10 heteroatoms. The minimum Gasteiger partial charge on any atom is -0.371 e. The van der Waals surface area contributed by atoms with E-state index in [-0.39, 0.29) is 17.8 Å². The van der Waals surface area contributed by atoms with Gasteiger partial charge in [0.1, 0.15) is 12.4 Å². The van der Waals surface area contributed by atoms with Crippen molar-refractivity contribution in [1.82, 2.24) is 19.5 Å². The number of carbonyl (C=O) groups is 2. The number of halogens is 1. The Kier molecular flexibility index (Phi) is 4.86. The van der Waals surface area contributed by atoms with Crippen molar-refractivity contribution >= 4 is 35.1 Å². The molecule has 1 saturated heterocycles. The van der Waals surface area contributed by atoms with Crippen molar-refractivity contribution in [2.75, 3.05) is 17.7 Å². The summed E-state index contributed by atoms with van der Waals surface area (Å²) in [5.74, 6) is -0.606. The number of aldehydes is 1. The number of hydrogen-bond acceptors (Lipinski definition) is 7. The van der Waals surface area contributed by atoms with Gasteiger partial charge in [-0.25, -0.2) is 9.37 Å². The van der Waals surface area contributed by atoms with Crippen molar-refractivity contribution in [2.45, 2.75) is 39.3 Å².